The molecule has 0 bridgehead atoms. The van der Waals surface area contributed by atoms with Crippen LogP contribution in [0.15, 0.2) is 41.5 Å². The van der Waals surface area contributed by atoms with E-state index in [9.17, 15) is 9.59 Å². The summed E-state index contributed by atoms with van der Waals surface area (Å²) >= 11 is 1.51. The second-order valence-corrected chi connectivity index (χ2v) is 6.20. The first-order valence-corrected chi connectivity index (χ1v) is 8.09. The Morgan fingerprint density at radius 1 is 1.35 bits per heavy atom. The highest BCUT2D eigenvalue weighted by Crippen LogP contribution is 2.21. The van der Waals surface area contributed by atoms with Crippen LogP contribution >= 0.6 is 11.3 Å². The van der Waals surface area contributed by atoms with Gasteiger partial charge in [-0.3, -0.25) is 14.2 Å². The van der Waals surface area contributed by atoms with Crippen molar-refractivity contribution in [2.75, 3.05) is 7.11 Å². The number of thiophene rings is 1. The number of ketones is 1. The zero-order valence-corrected chi connectivity index (χ0v) is 13.7. The highest BCUT2D eigenvalue weighted by atomic mass is 32.1. The summed E-state index contributed by atoms with van der Waals surface area (Å²) in [5.74, 6) is 0.319. The fourth-order valence-electron chi connectivity index (χ4n) is 2.41. The highest BCUT2D eigenvalue weighted by Gasteiger charge is 2.15. The van der Waals surface area contributed by atoms with Crippen LogP contribution in [0.25, 0.3) is 10.2 Å². The standard InChI is InChI=1S/C17H16N2O3S/c1-3-11-8-13-16(23-11)18-10-19(17(13)21)9-14(20)12-6-4-5-7-15(12)22-2/h4-8,10H,3,9H2,1-2H3. The van der Waals surface area contributed by atoms with Crippen molar-refractivity contribution in [2.45, 2.75) is 19.9 Å². The van der Waals surface area contributed by atoms with E-state index in [1.54, 1.807) is 24.3 Å². The number of methoxy groups -OCH3 is 1. The number of hydrogen-bond acceptors (Lipinski definition) is 5. The van der Waals surface area contributed by atoms with E-state index in [0.29, 0.717) is 21.5 Å². The molecule has 5 nitrogen and oxygen atoms in total. The lowest BCUT2D eigenvalue weighted by atomic mass is 10.1. The molecule has 23 heavy (non-hydrogen) atoms. The second-order valence-electron chi connectivity index (χ2n) is 5.09. The van der Waals surface area contributed by atoms with Crippen LogP contribution < -0.4 is 10.3 Å². The maximum Gasteiger partial charge on any atom is 0.262 e. The zero-order chi connectivity index (χ0) is 16.4. The Balaban J connectivity index is 1.96. The van der Waals surface area contributed by atoms with Gasteiger partial charge in [-0.1, -0.05) is 19.1 Å². The molecule has 6 heteroatoms. The molecular formula is C17H16N2O3S. The fraction of sp³-hybridized carbons (Fsp3) is 0.235. The lowest BCUT2D eigenvalue weighted by molar-refractivity contribution is 0.0967. The molecule has 118 valence electrons. The molecule has 0 atom stereocenters. The van der Waals surface area contributed by atoms with Crippen LogP contribution in [0, 0.1) is 0 Å². The van der Waals surface area contributed by atoms with Gasteiger partial charge in [-0.05, 0) is 24.6 Å². The highest BCUT2D eigenvalue weighted by molar-refractivity contribution is 7.18. The van der Waals surface area contributed by atoms with E-state index in [1.165, 1.54) is 29.3 Å². The Morgan fingerprint density at radius 2 is 2.13 bits per heavy atom. The molecule has 0 aliphatic carbocycles. The van der Waals surface area contributed by atoms with Crippen molar-refractivity contribution in [3.05, 3.63) is 57.5 Å². The summed E-state index contributed by atoms with van der Waals surface area (Å²) in [7, 11) is 1.52. The smallest absolute Gasteiger partial charge is 0.262 e. The first-order chi connectivity index (χ1) is 11.1. The van der Waals surface area contributed by atoms with Gasteiger partial charge in [-0.15, -0.1) is 11.3 Å². The molecule has 0 saturated heterocycles. The van der Waals surface area contributed by atoms with Gasteiger partial charge in [0.25, 0.3) is 5.56 Å². The minimum Gasteiger partial charge on any atom is -0.496 e. The Labute approximate surface area is 137 Å². The first-order valence-electron chi connectivity index (χ1n) is 7.28. The summed E-state index contributed by atoms with van der Waals surface area (Å²) in [5.41, 5.74) is 0.274. The predicted molar refractivity (Wildman–Crippen MR) is 90.6 cm³/mol. The van der Waals surface area contributed by atoms with Gasteiger partial charge in [0.05, 0.1) is 30.9 Å². The fourth-order valence-corrected chi connectivity index (χ4v) is 3.34. The molecular weight excluding hydrogens is 312 g/mol. The molecule has 0 radical (unpaired) electrons. The number of carbonyl (C=O) groups excluding carboxylic acids is 1. The van der Waals surface area contributed by atoms with Crippen LogP contribution in [0.1, 0.15) is 22.2 Å². The molecule has 0 aliphatic rings. The minimum atomic E-state index is -0.186. The molecule has 3 rings (SSSR count). The predicted octanol–water partition coefficient (Wildman–Crippen LogP) is 2.91. The molecule has 1 aromatic carbocycles. The zero-order valence-electron chi connectivity index (χ0n) is 12.9. The first kappa shape index (κ1) is 15.4. The maximum atomic E-state index is 12.5. The van der Waals surface area contributed by atoms with E-state index in [1.807, 2.05) is 13.0 Å². The average molecular weight is 328 g/mol. The molecule has 0 spiro atoms. The van der Waals surface area contributed by atoms with Crippen molar-refractivity contribution < 1.29 is 9.53 Å². The summed E-state index contributed by atoms with van der Waals surface area (Å²) in [6.07, 6.45) is 2.30. The lowest BCUT2D eigenvalue weighted by Crippen LogP contribution is -2.24. The monoisotopic (exact) mass is 328 g/mol. The van der Waals surface area contributed by atoms with E-state index in [4.69, 9.17) is 4.74 Å². The van der Waals surface area contributed by atoms with Gasteiger partial charge < -0.3 is 4.74 Å². The number of aromatic nitrogens is 2. The van der Waals surface area contributed by atoms with Crippen LogP contribution in [0.5, 0.6) is 5.75 Å². The largest absolute Gasteiger partial charge is 0.496 e. The second kappa shape index (κ2) is 6.34. The maximum absolute atomic E-state index is 12.5. The van der Waals surface area contributed by atoms with Crippen LogP contribution in [0.2, 0.25) is 0 Å². The van der Waals surface area contributed by atoms with Gasteiger partial charge in [0.2, 0.25) is 0 Å². The summed E-state index contributed by atoms with van der Waals surface area (Å²) in [6, 6.07) is 8.85. The number of rotatable bonds is 5. The van der Waals surface area contributed by atoms with Crippen molar-refractivity contribution >= 4 is 27.3 Å². The third-order valence-corrected chi connectivity index (χ3v) is 4.83. The number of benzene rings is 1. The van der Waals surface area contributed by atoms with E-state index in [-0.39, 0.29) is 17.9 Å². The molecule has 2 aromatic heterocycles. The SMILES string of the molecule is CCc1cc2c(=O)n(CC(=O)c3ccccc3OC)cnc2s1. The Morgan fingerprint density at radius 3 is 2.87 bits per heavy atom. The number of fused-ring (bicyclic) bond motifs is 1. The van der Waals surface area contributed by atoms with Gasteiger partial charge in [0.1, 0.15) is 10.6 Å². The van der Waals surface area contributed by atoms with E-state index >= 15 is 0 Å². The molecule has 2 heterocycles. The number of ether oxygens (including phenoxy) is 1. The van der Waals surface area contributed by atoms with Crippen LogP contribution in [0.4, 0.5) is 0 Å². The molecule has 0 aliphatic heterocycles. The van der Waals surface area contributed by atoms with Gasteiger partial charge >= 0.3 is 0 Å². The minimum absolute atomic E-state index is 0.0561. The topological polar surface area (TPSA) is 61.2 Å². The Hall–Kier alpha value is -2.47. The van der Waals surface area contributed by atoms with Crippen LogP contribution in [-0.2, 0) is 13.0 Å². The van der Waals surface area contributed by atoms with Crippen LogP contribution in [0.3, 0.4) is 0 Å². The molecule has 0 unspecified atom stereocenters. The van der Waals surface area contributed by atoms with E-state index in [2.05, 4.69) is 4.98 Å². The lowest BCUT2D eigenvalue weighted by Gasteiger charge is -2.08. The average Bonchev–Trinajstić information content (AvgIpc) is 3.01. The number of nitrogens with zero attached hydrogens (tertiary/aromatic N) is 2. The van der Waals surface area contributed by atoms with Gasteiger partial charge in [0.15, 0.2) is 5.78 Å². The number of hydrogen-bond donors (Lipinski definition) is 0. The third-order valence-electron chi connectivity index (χ3n) is 3.64. The molecule has 0 fully saturated rings. The van der Waals surface area contributed by atoms with Crippen molar-refractivity contribution in [3.63, 3.8) is 0 Å². The quantitative estimate of drug-likeness (QED) is 0.676. The van der Waals surface area contributed by atoms with Gasteiger partial charge in [-0.2, -0.15) is 0 Å². The summed E-state index contributed by atoms with van der Waals surface area (Å²) < 4.78 is 6.55. The summed E-state index contributed by atoms with van der Waals surface area (Å²) in [6.45, 7) is 1.98. The number of aryl methyl sites for hydroxylation is 1. The summed E-state index contributed by atoms with van der Waals surface area (Å²) in [5, 5.41) is 0.571. The number of carbonyl (C=O) groups is 1. The Bertz CT molecular complexity index is 927. The summed E-state index contributed by atoms with van der Waals surface area (Å²) in [4.78, 5) is 31.1. The van der Waals surface area contributed by atoms with Gasteiger partial charge in [0, 0.05) is 4.88 Å². The molecule has 0 saturated carbocycles. The van der Waals surface area contributed by atoms with Crippen molar-refractivity contribution in [3.8, 4) is 5.75 Å². The third kappa shape index (κ3) is 2.90. The van der Waals surface area contributed by atoms with E-state index in [0.717, 1.165) is 11.3 Å². The molecule has 0 N–H and O–H groups in total. The number of para-hydroxylation sites is 1. The van der Waals surface area contributed by atoms with E-state index < -0.39 is 0 Å². The normalized spacial score (nSPS) is 10.9. The molecule has 3 aromatic rings. The number of Topliss-reactive ketones (excluding diaryl/α,β-unsaturated/α-hetero) is 1. The van der Waals surface area contributed by atoms with Crippen LogP contribution in [-0.4, -0.2) is 22.4 Å². The van der Waals surface area contributed by atoms with Gasteiger partial charge in [-0.25, -0.2) is 4.98 Å². The molecule has 0 amide bonds. The van der Waals surface area contributed by atoms with Crippen molar-refractivity contribution in [1.29, 1.82) is 0 Å². The van der Waals surface area contributed by atoms with Crippen molar-refractivity contribution in [1.82, 2.24) is 9.55 Å². The van der Waals surface area contributed by atoms with Crippen molar-refractivity contribution in [2.24, 2.45) is 0 Å². The Kier molecular flexibility index (Phi) is 4.25.